The third-order valence-electron chi connectivity index (χ3n) is 3.69. The number of amides is 1. The molecule has 0 saturated carbocycles. The summed E-state index contributed by atoms with van der Waals surface area (Å²) >= 11 is 0. The number of hydrogen-bond donors (Lipinski definition) is 2. The summed E-state index contributed by atoms with van der Waals surface area (Å²) in [4.78, 5) is 11.7. The Kier molecular flexibility index (Phi) is 4.63. The highest BCUT2D eigenvalue weighted by Gasteiger charge is 2.15. The van der Waals surface area contributed by atoms with E-state index >= 15 is 0 Å². The van der Waals surface area contributed by atoms with Gasteiger partial charge in [-0.3, -0.25) is 10.2 Å². The maximum atomic E-state index is 11.7. The number of ether oxygens (including phenoxy) is 1. The van der Waals surface area contributed by atoms with Crippen LogP contribution in [0.1, 0.15) is 21.7 Å². The highest BCUT2D eigenvalue weighted by atomic mass is 16.5. The van der Waals surface area contributed by atoms with Gasteiger partial charge in [0.1, 0.15) is 12.4 Å². The van der Waals surface area contributed by atoms with Crippen LogP contribution in [0.25, 0.3) is 11.1 Å². The Morgan fingerprint density at radius 3 is 2.46 bits per heavy atom. The van der Waals surface area contributed by atoms with Gasteiger partial charge >= 0.3 is 5.91 Å². The zero-order valence-electron chi connectivity index (χ0n) is 13.3. The first-order chi connectivity index (χ1) is 11.7. The lowest BCUT2D eigenvalue weighted by atomic mass is 10.0. The van der Waals surface area contributed by atoms with Crippen LogP contribution in [0, 0.1) is 6.92 Å². The molecular formula is C19H18N2O3. The van der Waals surface area contributed by atoms with Crippen molar-refractivity contribution in [2.75, 3.05) is 0 Å². The maximum Gasteiger partial charge on any atom is 0.301 e. The summed E-state index contributed by atoms with van der Waals surface area (Å²) in [5.74, 6) is 5.74. The van der Waals surface area contributed by atoms with Crippen molar-refractivity contribution in [1.82, 2.24) is 5.43 Å². The standard InChI is InChI=1S/C19H18N2O3/c1-13-2-8-16(9-3-13)24-12-14-4-6-15(7-5-14)17-10-11-23-18(17)19(22)21-20/h2-11H,12,20H2,1H3,(H,21,22). The Labute approximate surface area is 140 Å². The van der Waals surface area contributed by atoms with Crippen LogP contribution in [0.4, 0.5) is 0 Å². The fraction of sp³-hybridized carbons (Fsp3) is 0.105. The average molecular weight is 322 g/mol. The van der Waals surface area contributed by atoms with Gasteiger partial charge in [-0.05, 0) is 36.2 Å². The van der Waals surface area contributed by atoms with Crippen LogP contribution in [0.15, 0.2) is 65.3 Å². The van der Waals surface area contributed by atoms with Crippen molar-refractivity contribution in [2.45, 2.75) is 13.5 Å². The van der Waals surface area contributed by atoms with Gasteiger partial charge in [0.2, 0.25) is 0 Å². The van der Waals surface area contributed by atoms with E-state index in [1.165, 1.54) is 11.8 Å². The predicted octanol–water partition coefficient (Wildman–Crippen LogP) is 3.44. The predicted molar refractivity (Wildman–Crippen MR) is 91.3 cm³/mol. The molecule has 1 heterocycles. The molecular weight excluding hydrogens is 304 g/mol. The molecule has 122 valence electrons. The number of nitrogens with two attached hydrogens (primary N) is 1. The Morgan fingerprint density at radius 1 is 1.08 bits per heavy atom. The fourth-order valence-electron chi connectivity index (χ4n) is 2.36. The summed E-state index contributed by atoms with van der Waals surface area (Å²) in [6, 6.07) is 17.4. The molecule has 0 aliphatic heterocycles. The SMILES string of the molecule is Cc1ccc(OCc2ccc(-c3ccoc3C(=O)NN)cc2)cc1. The highest BCUT2D eigenvalue weighted by molar-refractivity contribution is 5.97. The van der Waals surface area contributed by atoms with Gasteiger partial charge in [-0.15, -0.1) is 0 Å². The minimum atomic E-state index is -0.457. The summed E-state index contributed by atoms with van der Waals surface area (Å²) in [7, 11) is 0. The van der Waals surface area contributed by atoms with Gasteiger partial charge in [0.15, 0.2) is 5.76 Å². The van der Waals surface area contributed by atoms with Crippen molar-refractivity contribution < 1.29 is 13.9 Å². The van der Waals surface area contributed by atoms with Crippen molar-refractivity contribution in [2.24, 2.45) is 5.84 Å². The van der Waals surface area contributed by atoms with E-state index in [2.05, 4.69) is 5.43 Å². The van der Waals surface area contributed by atoms with Crippen molar-refractivity contribution in [3.05, 3.63) is 77.7 Å². The number of furan rings is 1. The lowest BCUT2D eigenvalue weighted by molar-refractivity contribution is 0.0927. The molecule has 0 aliphatic carbocycles. The van der Waals surface area contributed by atoms with E-state index < -0.39 is 5.91 Å². The minimum absolute atomic E-state index is 0.196. The molecule has 0 bridgehead atoms. The number of carbonyl (C=O) groups excluding carboxylic acids is 1. The van der Waals surface area contributed by atoms with Crippen LogP contribution in [0.3, 0.4) is 0 Å². The van der Waals surface area contributed by atoms with Crippen molar-refractivity contribution >= 4 is 5.91 Å². The van der Waals surface area contributed by atoms with Gasteiger partial charge in [-0.25, -0.2) is 5.84 Å². The zero-order chi connectivity index (χ0) is 16.9. The third kappa shape index (κ3) is 3.47. The molecule has 0 saturated heterocycles. The Morgan fingerprint density at radius 2 is 1.79 bits per heavy atom. The van der Waals surface area contributed by atoms with Crippen LogP contribution in [-0.4, -0.2) is 5.91 Å². The van der Waals surface area contributed by atoms with Gasteiger partial charge in [0.25, 0.3) is 0 Å². The second kappa shape index (κ2) is 7.02. The van der Waals surface area contributed by atoms with Crippen molar-refractivity contribution in [3.8, 4) is 16.9 Å². The molecule has 1 aromatic heterocycles. The van der Waals surface area contributed by atoms with Crippen LogP contribution >= 0.6 is 0 Å². The molecule has 0 fully saturated rings. The van der Waals surface area contributed by atoms with Crippen molar-refractivity contribution in [3.63, 3.8) is 0 Å². The van der Waals surface area contributed by atoms with E-state index in [0.29, 0.717) is 12.2 Å². The number of nitrogen functional groups attached to an aromatic ring is 1. The summed E-state index contributed by atoms with van der Waals surface area (Å²) in [6.45, 7) is 2.52. The van der Waals surface area contributed by atoms with Gasteiger partial charge in [0.05, 0.1) is 6.26 Å². The second-order valence-electron chi connectivity index (χ2n) is 5.44. The summed E-state index contributed by atoms with van der Waals surface area (Å²) in [5.41, 5.74) is 5.89. The average Bonchev–Trinajstić information content (AvgIpc) is 3.11. The molecule has 0 atom stereocenters. The number of nitrogens with one attached hydrogen (secondary N) is 1. The van der Waals surface area contributed by atoms with E-state index in [0.717, 1.165) is 16.9 Å². The zero-order valence-corrected chi connectivity index (χ0v) is 13.3. The van der Waals surface area contributed by atoms with Crippen molar-refractivity contribution in [1.29, 1.82) is 0 Å². The molecule has 2 aromatic carbocycles. The number of hydrazine groups is 1. The Balaban J connectivity index is 1.70. The molecule has 24 heavy (non-hydrogen) atoms. The van der Waals surface area contributed by atoms with Crippen LogP contribution < -0.4 is 16.0 Å². The topological polar surface area (TPSA) is 77.5 Å². The highest BCUT2D eigenvalue weighted by Crippen LogP contribution is 2.25. The largest absolute Gasteiger partial charge is 0.489 e. The quantitative estimate of drug-likeness (QED) is 0.428. The van der Waals surface area contributed by atoms with Gasteiger partial charge in [-0.1, -0.05) is 42.0 Å². The smallest absolute Gasteiger partial charge is 0.301 e. The Bertz CT molecular complexity index is 821. The van der Waals surface area contributed by atoms with Gasteiger partial charge in [0, 0.05) is 5.56 Å². The molecule has 3 N–H and O–H groups in total. The number of hydrogen-bond acceptors (Lipinski definition) is 4. The van der Waals surface area contributed by atoms with E-state index in [1.54, 1.807) is 6.07 Å². The first kappa shape index (κ1) is 15.8. The van der Waals surface area contributed by atoms with Gasteiger partial charge < -0.3 is 9.15 Å². The second-order valence-corrected chi connectivity index (χ2v) is 5.44. The molecule has 5 heteroatoms. The van der Waals surface area contributed by atoms with E-state index in [4.69, 9.17) is 15.0 Å². The van der Waals surface area contributed by atoms with E-state index in [1.807, 2.05) is 55.5 Å². The lowest BCUT2D eigenvalue weighted by Gasteiger charge is -2.08. The summed E-state index contributed by atoms with van der Waals surface area (Å²) in [6.07, 6.45) is 1.47. The molecule has 1 amide bonds. The summed E-state index contributed by atoms with van der Waals surface area (Å²) < 4.78 is 11.0. The molecule has 5 nitrogen and oxygen atoms in total. The molecule has 3 aromatic rings. The third-order valence-corrected chi connectivity index (χ3v) is 3.69. The molecule has 0 radical (unpaired) electrons. The fourth-order valence-corrected chi connectivity index (χ4v) is 2.36. The number of benzene rings is 2. The summed E-state index contributed by atoms with van der Waals surface area (Å²) in [5, 5.41) is 0. The Hall–Kier alpha value is -3.05. The van der Waals surface area contributed by atoms with Crippen LogP contribution in [-0.2, 0) is 6.61 Å². The van der Waals surface area contributed by atoms with E-state index in [-0.39, 0.29) is 5.76 Å². The molecule has 0 spiro atoms. The minimum Gasteiger partial charge on any atom is -0.489 e. The van der Waals surface area contributed by atoms with Crippen LogP contribution in [0.5, 0.6) is 5.75 Å². The van der Waals surface area contributed by atoms with Crippen LogP contribution in [0.2, 0.25) is 0 Å². The maximum absolute atomic E-state index is 11.7. The first-order valence-corrected chi connectivity index (χ1v) is 7.54. The molecule has 0 aliphatic rings. The van der Waals surface area contributed by atoms with Gasteiger partial charge in [-0.2, -0.15) is 0 Å². The first-order valence-electron chi connectivity index (χ1n) is 7.54. The number of rotatable bonds is 5. The molecule has 0 unspecified atom stereocenters. The number of carbonyl (C=O) groups is 1. The lowest BCUT2D eigenvalue weighted by Crippen LogP contribution is -2.29. The van der Waals surface area contributed by atoms with E-state index in [9.17, 15) is 4.79 Å². The molecule has 3 rings (SSSR count). The monoisotopic (exact) mass is 322 g/mol. The number of aryl methyl sites for hydroxylation is 1. The normalized spacial score (nSPS) is 10.4.